The first-order valence-corrected chi connectivity index (χ1v) is 7.34. The minimum absolute atomic E-state index is 1.38. The van der Waals surface area contributed by atoms with E-state index in [4.69, 9.17) is 0 Å². The van der Waals surface area contributed by atoms with Crippen LogP contribution in [0.5, 0.6) is 0 Å². The summed E-state index contributed by atoms with van der Waals surface area (Å²) in [6, 6.07) is 12.9. The maximum Gasteiger partial charge on any atom is 0.0588 e. The summed E-state index contributed by atoms with van der Waals surface area (Å²) in [5.41, 5.74) is 0. The summed E-state index contributed by atoms with van der Waals surface area (Å²) in [5, 5.41) is 3.52. The molecule has 2 aromatic heterocycles. The fourth-order valence-corrected chi connectivity index (χ4v) is 4.99. The van der Waals surface area contributed by atoms with Crippen molar-refractivity contribution in [2.75, 3.05) is 0 Å². The molecule has 0 aliphatic heterocycles. The number of halogens is 1. The van der Waals surface area contributed by atoms with E-state index in [0.29, 0.717) is 0 Å². The zero-order valence-electron chi connectivity index (χ0n) is 7.74. The predicted molar refractivity (Wildman–Crippen MR) is 77.9 cm³/mol. The van der Waals surface area contributed by atoms with Crippen molar-refractivity contribution >= 4 is 55.4 Å². The Balaban J connectivity index is 2.33. The lowest BCUT2D eigenvalue weighted by atomic mass is 10.2. The van der Waals surface area contributed by atoms with E-state index in [1.807, 2.05) is 22.7 Å². The normalized spacial score (nSPS) is 11.0. The van der Waals surface area contributed by atoms with E-state index in [9.17, 15) is 0 Å². The van der Waals surface area contributed by atoms with Gasteiger partial charge in [-0.25, -0.2) is 0 Å². The monoisotopic (exact) mass is 342 g/mol. The van der Waals surface area contributed by atoms with Crippen LogP contribution in [0.3, 0.4) is 0 Å². The largest absolute Gasteiger partial charge is 0.143 e. The summed E-state index contributed by atoms with van der Waals surface area (Å²) >= 11 is 6.15. The molecule has 0 aliphatic rings. The first-order chi connectivity index (χ1) is 7.36. The first-order valence-electron chi connectivity index (χ1n) is 4.57. The minimum atomic E-state index is 1.38. The van der Waals surface area contributed by atoms with Crippen molar-refractivity contribution in [3.8, 4) is 9.75 Å². The lowest BCUT2D eigenvalue weighted by Crippen LogP contribution is -1.69. The van der Waals surface area contributed by atoms with E-state index in [0.717, 1.165) is 0 Å². The van der Waals surface area contributed by atoms with Crippen LogP contribution in [0.15, 0.2) is 41.8 Å². The van der Waals surface area contributed by atoms with Gasteiger partial charge < -0.3 is 0 Å². The molecule has 0 spiro atoms. The van der Waals surface area contributed by atoms with Crippen LogP contribution < -0.4 is 0 Å². The van der Waals surface area contributed by atoms with Gasteiger partial charge in [0.2, 0.25) is 0 Å². The van der Waals surface area contributed by atoms with Gasteiger partial charge >= 0.3 is 0 Å². The number of fused-ring (bicyclic) bond motifs is 1. The van der Waals surface area contributed by atoms with Gasteiger partial charge in [-0.15, -0.1) is 22.7 Å². The lowest BCUT2D eigenvalue weighted by molar-refractivity contribution is 1.82. The molecule has 74 valence electrons. The average molecular weight is 342 g/mol. The second-order valence-electron chi connectivity index (χ2n) is 3.22. The summed E-state index contributed by atoms with van der Waals surface area (Å²) in [6.45, 7) is 0. The summed E-state index contributed by atoms with van der Waals surface area (Å²) in [5.74, 6) is 0. The highest BCUT2D eigenvalue weighted by molar-refractivity contribution is 14.1. The molecule has 15 heavy (non-hydrogen) atoms. The number of hydrogen-bond donors (Lipinski definition) is 0. The van der Waals surface area contributed by atoms with Crippen LogP contribution in [0.4, 0.5) is 0 Å². The molecule has 0 fully saturated rings. The second-order valence-corrected chi connectivity index (χ2v) is 6.30. The Hall–Kier alpha value is -0.390. The Morgan fingerprint density at radius 2 is 1.87 bits per heavy atom. The van der Waals surface area contributed by atoms with Crippen LogP contribution >= 0.6 is 45.3 Å². The van der Waals surface area contributed by atoms with Crippen molar-refractivity contribution in [3.63, 3.8) is 0 Å². The lowest BCUT2D eigenvalue weighted by Gasteiger charge is -1.91. The molecule has 0 amide bonds. The molecule has 0 N–H and O–H groups in total. The maximum absolute atomic E-state index is 2.45. The predicted octanol–water partition coefficient (Wildman–Crippen LogP) is 5.23. The van der Waals surface area contributed by atoms with Gasteiger partial charge in [0.15, 0.2) is 0 Å². The number of thiophene rings is 2. The third-order valence-corrected chi connectivity index (χ3v) is 5.99. The van der Waals surface area contributed by atoms with Crippen molar-refractivity contribution in [1.29, 1.82) is 0 Å². The van der Waals surface area contributed by atoms with E-state index in [2.05, 4.69) is 64.4 Å². The van der Waals surface area contributed by atoms with Crippen molar-refractivity contribution in [2.45, 2.75) is 0 Å². The van der Waals surface area contributed by atoms with Gasteiger partial charge in [0.05, 0.1) is 4.88 Å². The fourth-order valence-electron chi connectivity index (χ4n) is 1.58. The Labute approximate surface area is 110 Å². The summed E-state index contributed by atoms with van der Waals surface area (Å²) in [7, 11) is 0. The fraction of sp³-hybridized carbons (Fsp3) is 0. The van der Waals surface area contributed by atoms with Gasteiger partial charge in [0, 0.05) is 18.5 Å². The van der Waals surface area contributed by atoms with Gasteiger partial charge in [-0.2, -0.15) is 0 Å². The van der Waals surface area contributed by atoms with Crippen LogP contribution in [-0.2, 0) is 0 Å². The van der Waals surface area contributed by atoms with Crippen LogP contribution in [0.2, 0.25) is 0 Å². The van der Waals surface area contributed by atoms with Gasteiger partial charge in [-0.1, -0.05) is 24.3 Å². The molecule has 0 bridgehead atoms. The molecule has 3 rings (SSSR count). The highest BCUT2D eigenvalue weighted by atomic mass is 127. The SMILES string of the molecule is Ic1c(-c2cccs2)sc2ccccc12. The Morgan fingerprint density at radius 1 is 1.00 bits per heavy atom. The average Bonchev–Trinajstić information content (AvgIpc) is 2.87. The van der Waals surface area contributed by atoms with Crippen molar-refractivity contribution in [1.82, 2.24) is 0 Å². The highest BCUT2D eigenvalue weighted by Gasteiger charge is 2.11. The molecule has 0 saturated heterocycles. The smallest absolute Gasteiger partial charge is 0.0588 e. The molecule has 0 atom stereocenters. The first kappa shape index (κ1) is 9.81. The van der Waals surface area contributed by atoms with Crippen LogP contribution in [0.1, 0.15) is 0 Å². The topological polar surface area (TPSA) is 0 Å². The molecule has 2 heterocycles. The molecule has 0 nitrogen and oxygen atoms in total. The standard InChI is InChI=1S/C12H7IS2/c13-11-8-4-1-2-5-9(8)15-12(11)10-6-3-7-14-10/h1-7H. The molecule has 0 aliphatic carbocycles. The van der Waals surface area contributed by atoms with Crippen molar-refractivity contribution < 1.29 is 0 Å². The zero-order chi connectivity index (χ0) is 10.3. The molecular formula is C12H7IS2. The van der Waals surface area contributed by atoms with Crippen LogP contribution in [0, 0.1) is 3.57 Å². The van der Waals surface area contributed by atoms with E-state index in [1.54, 1.807) is 0 Å². The van der Waals surface area contributed by atoms with E-state index >= 15 is 0 Å². The Kier molecular flexibility index (Phi) is 2.54. The van der Waals surface area contributed by atoms with Crippen LogP contribution in [0.25, 0.3) is 19.8 Å². The molecule has 0 unspecified atom stereocenters. The van der Waals surface area contributed by atoms with Crippen LogP contribution in [-0.4, -0.2) is 0 Å². The van der Waals surface area contributed by atoms with Gasteiger partial charge in [0.25, 0.3) is 0 Å². The molecule has 0 saturated carbocycles. The quantitative estimate of drug-likeness (QED) is 0.531. The molecular weight excluding hydrogens is 335 g/mol. The van der Waals surface area contributed by atoms with E-state index in [-0.39, 0.29) is 0 Å². The van der Waals surface area contributed by atoms with Gasteiger partial charge in [0.1, 0.15) is 0 Å². The molecule has 3 heteroatoms. The molecule has 0 radical (unpaired) electrons. The molecule has 1 aromatic carbocycles. The van der Waals surface area contributed by atoms with E-state index < -0.39 is 0 Å². The van der Waals surface area contributed by atoms with Crippen molar-refractivity contribution in [3.05, 3.63) is 45.3 Å². The third kappa shape index (κ3) is 1.62. The third-order valence-electron chi connectivity index (χ3n) is 2.28. The highest BCUT2D eigenvalue weighted by Crippen LogP contribution is 2.40. The minimum Gasteiger partial charge on any atom is -0.143 e. The molecule has 3 aromatic rings. The van der Waals surface area contributed by atoms with Gasteiger partial charge in [-0.3, -0.25) is 0 Å². The summed E-state index contributed by atoms with van der Waals surface area (Å²) in [4.78, 5) is 2.78. The Morgan fingerprint density at radius 3 is 2.60 bits per heavy atom. The second kappa shape index (κ2) is 3.88. The maximum atomic E-state index is 2.45. The number of rotatable bonds is 1. The van der Waals surface area contributed by atoms with E-state index in [1.165, 1.54) is 23.4 Å². The summed E-state index contributed by atoms with van der Waals surface area (Å²) in [6.07, 6.45) is 0. The Bertz CT molecular complexity index is 593. The number of benzene rings is 1. The van der Waals surface area contributed by atoms with Crippen molar-refractivity contribution in [2.24, 2.45) is 0 Å². The summed E-state index contributed by atoms with van der Waals surface area (Å²) < 4.78 is 2.76. The number of hydrogen-bond acceptors (Lipinski definition) is 2. The van der Waals surface area contributed by atoms with Gasteiger partial charge in [-0.05, 0) is 40.1 Å². The zero-order valence-corrected chi connectivity index (χ0v) is 11.5.